The van der Waals surface area contributed by atoms with Crippen molar-refractivity contribution in [2.45, 2.75) is 26.7 Å². The quantitative estimate of drug-likeness (QED) is 0.619. The van der Waals surface area contributed by atoms with Gasteiger partial charge < -0.3 is 10.0 Å². The van der Waals surface area contributed by atoms with Crippen LogP contribution in [-0.4, -0.2) is 79.9 Å². The molecular weight excluding hydrogens is 423 g/mol. The van der Waals surface area contributed by atoms with Crippen LogP contribution in [0.2, 0.25) is 0 Å². The molecule has 9 heteroatoms. The first kappa shape index (κ1) is 23.0. The van der Waals surface area contributed by atoms with Crippen molar-refractivity contribution in [3.63, 3.8) is 0 Å². The molecule has 2 aromatic heterocycles. The normalized spacial score (nSPS) is 14.8. The zero-order valence-electron chi connectivity index (χ0n) is 19.2. The number of β-amino-alcohol motifs (C(OH)–C–C–N with tert-alkyl or cyclic N) is 1. The number of carbonyl (C=O) groups is 1. The first-order chi connectivity index (χ1) is 15.9. The summed E-state index contributed by atoms with van der Waals surface area (Å²) in [6.45, 7) is 9.36. The minimum atomic E-state index is -0.305. The van der Waals surface area contributed by atoms with Crippen LogP contribution in [0, 0.1) is 12.7 Å². The Bertz CT molecular complexity index is 1120. The van der Waals surface area contributed by atoms with E-state index in [4.69, 9.17) is 10.1 Å². The molecular formula is C24H29FN6O2. The van der Waals surface area contributed by atoms with Gasteiger partial charge in [0, 0.05) is 44.5 Å². The molecule has 0 aliphatic carbocycles. The molecule has 1 aromatic carbocycles. The van der Waals surface area contributed by atoms with Crippen molar-refractivity contribution in [1.29, 1.82) is 0 Å². The highest BCUT2D eigenvalue weighted by molar-refractivity contribution is 5.95. The predicted molar refractivity (Wildman–Crippen MR) is 123 cm³/mol. The lowest BCUT2D eigenvalue weighted by Gasteiger charge is -2.34. The van der Waals surface area contributed by atoms with Gasteiger partial charge in [-0.05, 0) is 42.7 Å². The molecule has 0 spiro atoms. The second kappa shape index (κ2) is 9.76. The Kier molecular flexibility index (Phi) is 6.80. The van der Waals surface area contributed by atoms with E-state index in [0.29, 0.717) is 36.8 Å². The Morgan fingerprint density at radius 1 is 1.12 bits per heavy atom. The van der Waals surface area contributed by atoms with Crippen LogP contribution in [-0.2, 0) is 0 Å². The summed E-state index contributed by atoms with van der Waals surface area (Å²) in [7, 11) is 0. The number of halogens is 1. The minimum Gasteiger partial charge on any atom is -0.395 e. The largest absolute Gasteiger partial charge is 0.395 e. The molecule has 0 unspecified atom stereocenters. The van der Waals surface area contributed by atoms with Crippen molar-refractivity contribution >= 4 is 5.91 Å². The van der Waals surface area contributed by atoms with Crippen molar-refractivity contribution in [1.82, 2.24) is 29.5 Å². The monoisotopic (exact) mass is 452 g/mol. The van der Waals surface area contributed by atoms with Crippen molar-refractivity contribution < 1.29 is 14.3 Å². The van der Waals surface area contributed by atoms with Crippen LogP contribution in [0.4, 0.5) is 4.39 Å². The second-order valence-electron chi connectivity index (χ2n) is 8.58. The zero-order chi connectivity index (χ0) is 23.5. The SMILES string of the molecule is Cc1cnc(-n2ncc(C(=O)N3CCN(CCO)CC3)c2C(C)C)nc1-c1ccc(F)cc1. The van der Waals surface area contributed by atoms with E-state index in [0.717, 1.165) is 29.9 Å². The van der Waals surface area contributed by atoms with Crippen LogP contribution < -0.4 is 0 Å². The number of nitrogens with zero attached hydrogens (tertiary/aromatic N) is 6. The highest BCUT2D eigenvalue weighted by Gasteiger charge is 2.28. The Labute approximate surface area is 192 Å². The number of aliphatic hydroxyl groups excluding tert-OH is 1. The fraction of sp³-hybridized carbons (Fsp3) is 0.417. The van der Waals surface area contributed by atoms with E-state index in [1.54, 1.807) is 29.2 Å². The lowest BCUT2D eigenvalue weighted by molar-refractivity contribution is 0.0613. The molecule has 0 bridgehead atoms. The minimum absolute atomic E-state index is 0.0151. The highest BCUT2D eigenvalue weighted by Crippen LogP contribution is 2.26. The van der Waals surface area contributed by atoms with E-state index in [9.17, 15) is 9.18 Å². The van der Waals surface area contributed by atoms with Gasteiger partial charge in [0.25, 0.3) is 11.9 Å². The van der Waals surface area contributed by atoms with Crippen molar-refractivity contribution in [2.75, 3.05) is 39.3 Å². The first-order valence-corrected chi connectivity index (χ1v) is 11.2. The second-order valence-corrected chi connectivity index (χ2v) is 8.58. The van der Waals surface area contributed by atoms with Gasteiger partial charge in [0.2, 0.25) is 0 Å². The molecule has 1 saturated heterocycles. The van der Waals surface area contributed by atoms with Crippen LogP contribution in [0.25, 0.3) is 17.2 Å². The summed E-state index contributed by atoms with van der Waals surface area (Å²) < 4.78 is 15.0. The van der Waals surface area contributed by atoms with Crippen LogP contribution in [0.5, 0.6) is 0 Å². The number of hydrogen-bond acceptors (Lipinski definition) is 6. The lowest BCUT2D eigenvalue weighted by atomic mass is 10.0. The van der Waals surface area contributed by atoms with E-state index >= 15 is 0 Å². The lowest BCUT2D eigenvalue weighted by Crippen LogP contribution is -2.49. The summed E-state index contributed by atoms with van der Waals surface area (Å²) in [5, 5.41) is 13.6. The summed E-state index contributed by atoms with van der Waals surface area (Å²) in [5.41, 5.74) is 3.64. The number of rotatable bonds is 6. The van der Waals surface area contributed by atoms with E-state index in [1.165, 1.54) is 12.1 Å². The first-order valence-electron chi connectivity index (χ1n) is 11.2. The number of benzene rings is 1. The van der Waals surface area contributed by atoms with Gasteiger partial charge in [0.05, 0.1) is 29.8 Å². The number of carbonyl (C=O) groups excluding carboxylic acids is 1. The van der Waals surface area contributed by atoms with Gasteiger partial charge in [-0.1, -0.05) is 13.8 Å². The summed E-state index contributed by atoms with van der Waals surface area (Å²) in [5.74, 6) is 0.0245. The third kappa shape index (κ3) is 4.79. The van der Waals surface area contributed by atoms with Crippen molar-refractivity contribution in [3.8, 4) is 17.2 Å². The highest BCUT2D eigenvalue weighted by atomic mass is 19.1. The summed E-state index contributed by atoms with van der Waals surface area (Å²) in [4.78, 5) is 26.5. The topological polar surface area (TPSA) is 87.4 Å². The van der Waals surface area contributed by atoms with Gasteiger partial charge in [0.1, 0.15) is 5.82 Å². The summed E-state index contributed by atoms with van der Waals surface area (Å²) in [6, 6.07) is 6.18. The Morgan fingerprint density at radius 3 is 2.45 bits per heavy atom. The van der Waals surface area contributed by atoms with Crippen LogP contribution in [0.3, 0.4) is 0 Å². The summed E-state index contributed by atoms with van der Waals surface area (Å²) >= 11 is 0. The number of piperazine rings is 1. The molecule has 3 heterocycles. The van der Waals surface area contributed by atoms with Gasteiger partial charge in [-0.2, -0.15) is 5.10 Å². The predicted octanol–water partition coefficient (Wildman–Crippen LogP) is 2.65. The average Bonchev–Trinajstić information content (AvgIpc) is 3.26. The van der Waals surface area contributed by atoms with Gasteiger partial charge in [0.15, 0.2) is 0 Å². The van der Waals surface area contributed by atoms with Crippen LogP contribution >= 0.6 is 0 Å². The van der Waals surface area contributed by atoms with Gasteiger partial charge >= 0.3 is 0 Å². The summed E-state index contributed by atoms with van der Waals surface area (Å²) in [6.07, 6.45) is 3.31. The molecule has 0 radical (unpaired) electrons. The average molecular weight is 453 g/mol. The maximum Gasteiger partial charge on any atom is 0.257 e. The fourth-order valence-electron chi connectivity index (χ4n) is 4.16. The van der Waals surface area contributed by atoms with Crippen molar-refractivity contribution in [3.05, 3.63) is 59.3 Å². The zero-order valence-corrected chi connectivity index (χ0v) is 19.2. The molecule has 3 aromatic rings. The van der Waals surface area contributed by atoms with Crippen molar-refractivity contribution in [2.24, 2.45) is 0 Å². The number of aromatic nitrogens is 4. The molecule has 33 heavy (non-hydrogen) atoms. The number of hydrogen-bond donors (Lipinski definition) is 1. The van der Waals surface area contributed by atoms with Crippen LogP contribution in [0.15, 0.2) is 36.7 Å². The van der Waals surface area contributed by atoms with E-state index < -0.39 is 0 Å². The smallest absolute Gasteiger partial charge is 0.257 e. The molecule has 1 amide bonds. The number of aliphatic hydroxyl groups is 1. The molecule has 1 N–H and O–H groups in total. The number of aryl methyl sites for hydroxylation is 1. The maximum atomic E-state index is 13.4. The van der Waals surface area contributed by atoms with Crippen LogP contribution in [0.1, 0.15) is 41.4 Å². The van der Waals surface area contributed by atoms with E-state index in [-0.39, 0.29) is 24.2 Å². The van der Waals surface area contributed by atoms with Gasteiger partial charge in [-0.15, -0.1) is 0 Å². The molecule has 1 aliphatic rings. The maximum absolute atomic E-state index is 13.4. The van der Waals surface area contributed by atoms with E-state index in [2.05, 4.69) is 15.0 Å². The Hall–Kier alpha value is -3.17. The number of amides is 1. The standard InChI is InChI=1S/C24H29FN6O2/c1-16(2)22-20(23(33)30-10-8-29(9-11-30)12-13-32)15-27-31(22)24-26-14-17(3)21(28-24)18-4-6-19(25)7-5-18/h4-7,14-16,32H,8-13H2,1-3H3. The fourth-order valence-corrected chi connectivity index (χ4v) is 4.16. The third-order valence-corrected chi connectivity index (χ3v) is 5.93. The molecule has 0 saturated carbocycles. The third-order valence-electron chi connectivity index (χ3n) is 5.93. The molecule has 1 aliphatic heterocycles. The molecule has 0 atom stereocenters. The van der Waals surface area contributed by atoms with Gasteiger partial charge in [-0.3, -0.25) is 9.69 Å². The Balaban J connectivity index is 1.66. The molecule has 1 fully saturated rings. The molecule has 8 nitrogen and oxygen atoms in total. The Morgan fingerprint density at radius 2 is 1.82 bits per heavy atom. The molecule has 174 valence electrons. The van der Waals surface area contributed by atoms with Gasteiger partial charge in [-0.25, -0.2) is 19.0 Å². The van der Waals surface area contributed by atoms with E-state index in [1.807, 2.05) is 25.7 Å². The molecule has 4 rings (SSSR count).